The molecule has 1 aromatic heterocycles. The number of nitrogens with zero attached hydrogens (tertiary/aromatic N) is 2. The van der Waals surface area contributed by atoms with E-state index in [9.17, 15) is 18.4 Å². The van der Waals surface area contributed by atoms with E-state index in [0.29, 0.717) is 5.39 Å². The van der Waals surface area contributed by atoms with Crippen LogP contribution in [0, 0.1) is 0 Å². The van der Waals surface area contributed by atoms with Gasteiger partial charge in [0, 0.05) is 16.8 Å². The SMILES string of the molecule is O=C(NS(=O)[O-])c1ccc2c(c1)c(=O)n(-c1ccccc1)n2C1CCCCC1. The maximum Gasteiger partial charge on any atom is 0.279 e. The van der Waals surface area contributed by atoms with Crippen molar-refractivity contribution in [3.05, 3.63) is 64.4 Å². The highest BCUT2D eigenvalue weighted by molar-refractivity contribution is 7.77. The summed E-state index contributed by atoms with van der Waals surface area (Å²) in [6, 6.07) is 14.4. The standard InChI is InChI=1S/C20H21N3O4S/c24-19(21-28(26)27)14-11-12-18-17(13-14)20(25)23(16-9-5-2-6-10-16)22(18)15-7-3-1-4-8-15/h2,5-6,9-13,15H,1,3-4,7-8H2,(H,21,24)(H,26,27)/p-1. The van der Waals surface area contributed by atoms with E-state index in [4.69, 9.17) is 0 Å². The van der Waals surface area contributed by atoms with Crippen molar-refractivity contribution in [3.8, 4) is 5.69 Å². The molecule has 0 aliphatic heterocycles. The Hall–Kier alpha value is -2.71. The topological polar surface area (TPSA) is 96.2 Å². The Kier molecular flexibility index (Phi) is 5.15. The highest BCUT2D eigenvalue weighted by atomic mass is 32.2. The smallest absolute Gasteiger partial charge is 0.279 e. The van der Waals surface area contributed by atoms with Gasteiger partial charge in [-0.25, -0.2) is 4.68 Å². The third-order valence-electron chi connectivity index (χ3n) is 5.24. The molecule has 0 radical (unpaired) electrons. The van der Waals surface area contributed by atoms with Crippen LogP contribution in [0.1, 0.15) is 48.5 Å². The van der Waals surface area contributed by atoms with Gasteiger partial charge in [-0.15, -0.1) is 0 Å². The van der Waals surface area contributed by atoms with Crippen LogP contribution >= 0.6 is 0 Å². The van der Waals surface area contributed by atoms with Gasteiger partial charge in [0.2, 0.25) is 0 Å². The van der Waals surface area contributed by atoms with Gasteiger partial charge >= 0.3 is 0 Å². The quantitative estimate of drug-likeness (QED) is 0.684. The van der Waals surface area contributed by atoms with Gasteiger partial charge in [-0.05, 0) is 43.2 Å². The number of benzene rings is 2. The van der Waals surface area contributed by atoms with E-state index < -0.39 is 17.2 Å². The number of hydrogen-bond donors (Lipinski definition) is 1. The second-order valence-corrected chi connectivity index (χ2v) is 7.66. The van der Waals surface area contributed by atoms with E-state index in [1.54, 1.807) is 16.8 Å². The molecule has 1 heterocycles. The van der Waals surface area contributed by atoms with Crippen molar-refractivity contribution in [1.29, 1.82) is 0 Å². The van der Waals surface area contributed by atoms with Crippen LogP contribution in [0.5, 0.6) is 0 Å². The molecule has 146 valence electrons. The van der Waals surface area contributed by atoms with E-state index in [2.05, 4.69) is 0 Å². The van der Waals surface area contributed by atoms with Crippen LogP contribution in [0.25, 0.3) is 16.6 Å². The lowest BCUT2D eigenvalue weighted by Crippen LogP contribution is -2.25. The second-order valence-electron chi connectivity index (χ2n) is 6.99. The Morgan fingerprint density at radius 2 is 1.79 bits per heavy atom. The van der Waals surface area contributed by atoms with E-state index in [1.165, 1.54) is 12.5 Å². The zero-order valence-electron chi connectivity index (χ0n) is 15.2. The first-order valence-electron chi connectivity index (χ1n) is 9.29. The molecule has 1 N–H and O–H groups in total. The normalized spacial score (nSPS) is 16.2. The minimum atomic E-state index is -2.71. The zero-order chi connectivity index (χ0) is 19.7. The van der Waals surface area contributed by atoms with Gasteiger partial charge < -0.3 is 4.55 Å². The first kappa shape index (κ1) is 18.6. The number of carbonyl (C=O) groups excluding carboxylic acids is 1. The summed E-state index contributed by atoms with van der Waals surface area (Å²) in [5.74, 6) is -0.758. The predicted octanol–water partition coefficient (Wildman–Crippen LogP) is 2.82. The Bertz CT molecular complexity index is 1100. The summed E-state index contributed by atoms with van der Waals surface area (Å²) in [6.45, 7) is 0. The van der Waals surface area contributed by atoms with Crippen molar-refractivity contribution in [2.45, 2.75) is 38.1 Å². The molecule has 8 heteroatoms. The van der Waals surface area contributed by atoms with Gasteiger partial charge in [0.25, 0.3) is 11.5 Å². The number of nitrogens with one attached hydrogen (secondary N) is 1. The molecule has 1 aliphatic carbocycles. The van der Waals surface area contributed by atoms with Crippen molar-refractivity contribution >= 4 is 28.1 Å². The number of hydrogen-bond acceptors (Lipinski definition) is 4. The Labute approximate surface area is 164 Å². The first-order chi connectivity index (χ1) is 13.6. The molecular formula is C20H20N3O4S-. The summed E-state index contributed by atoms with van der Waals surface area (Å²) in [5.41, 5.74) is 1.43. The van der Waals surface area contributed by atoms with Crippen molar-refractivity contribution < 1.29 is 13.6 Å². The highest BCUT2D eigenvalue weighted by Gasteiger charge is 2.24. The summed E-state index contributed by atoms with van der Waals surface area (Å²) < 4.78 is 27.1. The van der Waals surface area contributed by atoms with E-state index in [-0.39, 0.29) is 17.2 Å². The molecule has 1 fully saturated rings. The van der Waals surface area contributed by atoms with Crippen LogP contribution < -0.4 is 10.3 Å². The monoisotopic (exact) mass is 398 g/mol. The molecule has 1 amide bonds. The predicted molar refractivity (Wildman–Crippen MR) is 106 cm³/mol. The van der Waals surface area contributed by atoms with Gasteiger partial charge in [0.1, 0.15) is 0 Å². The van der Waals surface area contributed by atoms with Crippen LogP contribution in [0.15, 0.2) is 53.3 Å². The first-order valence-corrected chi connectivity index (χ1v) is 10.4. The molecule has 1 unspecified atom stereocenters. The maximum absolute atomic E-state index is 13.3. The average molecular weight is 398 g/mol. The zero-order valence-corrected chi connectivity index (χ0v) is 16.0. The third-order valence-corrected chi connectivity index (χ3v) is 5.59. The molecule has 1 aliphatic rings. The number of rotatable bonds is 4. The Morgan fingerprint density at radius 3 is 2.46 bits per heavy atom. The molecule has 7 nitrogen and oxygen atoms in total. The molecule has 1 atom stereocenters. The lowest BCUT2D eigenvalue weighted by atomic mass is 9.95. The molecule has 0 saturated heterocycles. The van der Waals surface area contributed by atoms with Gasteiger partial charge in [0.15, 0.2) is 0 Å². The highest BCUT2D eigenvalue weighted by Crippen LogP contribution is 2.31. The largest absolute Gasteiger partial charge is 0.755 e. The molecular weight excluding hydrogens is 378 g/mol. The summed E-state index contributed by atoms with van der Waals surface area (Å²) >= 11 is -2.71. The molecule has 4 rings (SSSR count). The number of amides is 1. The van der Waals surface area contributed by atoms with Gasteiger partial charge in [0.05, 0.1) is 22.6 Å². The molecule has 0 spiro atoms. The van der Waals surface area contributed by atoms with Crippen LogP contribution in [0.4, 0.5) is 0 Å². The molecule has 1 saturated carbocycles. The second kappa shape index (κ2) is 7.73. The van der Waals surface area contributed by atoms with Crippen molar-refractivity contribution in [3.63, 3.8) is 0 Å². The van der Waals surface area contributed by atoms with Gasteiger partial charge in [-0.2, -0.15) is 0 Å². The minimum absolute atomic E-state index is 0.134. The van der Waals surface area contributed by atoms with E-state index in [0.717, 1.165) is 36.9 Å². The molecule has 28 heavy (non-hydrogen) atoms. The number of carbonyl (C=O) groups is 1. The Balaban J connectivity index is 1.92. The van der Waals surface area contributed by atoms with Gasteiger partial charge in [-0.1, -0.05) is 37.5 Å². The van der Waals surface area contributed by atoms with Crippen LogP contribution in [0.2, 0.25) is 0 Å². The summed E-state index contributed by atoms with van der Waals surface area (Å²) in [6.07, 6.45) is 5.41. The molecule has 0 bridgehead atoms. The van der Waals surface area contributed by atoms with Gasteiger partial charge in [-0.3, -0.25) is 23.2 Å². The van der Waals surface area contributed by atoms with Crippen LogP contribution in [0.3, 0.4) is 0 Å². The number of fused-ring (bicyclic) bond motifs is 1. The van der Waals surface area contributed by atoms with E-state index in [1.807, 2.05) is 39.7 Å². The fourth-order valence-corrected chi connectivity index (χ4v) is 4.27. The third kappa shape index (κ3) is 3.41. The minimum Gasteiger partial charge on any atom is -0.755 e. The summed E-state index contributed by atoms with van der Waals surface area (Å²) in [4.78, 5) is 25.3. The van der Waals surface area contributed by atoms with Crippen molar-refractivity contribution in [2.75, 3.05) is 0 Å². The van der Waals surface area contributed by atoms with Crippen molar-refractivity contribution in [1.82, 2.24) is 14.1 Å². The lowest BCUT2D eigenvalue weighted by Gasteiger charge is -2.26. The lowest BCUT2D eigenvalue weighted by molar-refractivity contribution is 0.0981. The Morgan fingerprint density at radius 1 is 1.07 bits per heavy atom. The number of aromatic nitrogens is 2. The molecule has 3 aromatic rings. The fraction of sp³-hybridized carbons (Fsp3) is 0.300. The number of para-hydroxylation sites is 1. The maximum atomic E-state index is 13.3. The fourth-order valence-electron chi connectivity index (χ4n) is 4.00. The average Bonchev–Trinajstić information content (AvgIpc) is 3.01. The molecule has 2 aromatic carbocycles. The summed E-state index contributed by atoms with van der Waals surface area (Å²) in [7, 11) is 0. The van der Waals surface area contributed by atoms with Crippen molar-refractivity contribution in [2.24, 2.45) is 0 Å². The van der Waals surface area contributed by atoms with Crippen LogP contribution in [-0.2, 0) is 11.3 Å². The van der Waals surface area contributed by atoms with Crippen LogP contribution in [-0.4, -0.2) is 24.0 Å². The van der Waals surface area contributed by atoms with E-state index >= 15 is 0 Å². The summed E-state index contributed by atoms with van der Waals surface area (Å²) in [5, 5.41) is 0.402.